The average molecular weight is 403 g/mol. The number of nitrogens with one attached hydrogen (secondary N) is 1. The van der Waals surface area contributed by atoms with Crippen LogP contribution < -0.4 is 5.32 Å². The van der Waals surface area contributed by atoms with E-state index in [0.717, 1.165) is 22.2 Å². The third-order valence-electron chi connectivity index (χ3n) is 4.25. The molecule has 0 fully saturated rings. The van der Waals surface area contributed by atoms with Crippen molar-refractivity contribution in [2.75, 3.05) is 11.1 Å². The highest BCUT2D eigenvalue weighted by molar-refractivity contribution is 7.91. The Balaban J connectivity index is 1.76. The SMILES string of the molecule is Cc1ccc2c(NC(=O)CCS(=O)(=O)c3ccc(Cl)cc3)c(C)ccc2n1. The number of rotatable bonds is 5. The quantitative estimate of drug-likeness (QED) is 0.690. The van der Waals surface area contributed by atoms with Crippen molar-refractivity contribution in [1.29, 1.82) is 0 Å². The van der Waals surface area contributed by atoms with Crippen LogP contribution in [0.5, 0.6) is 0 Å². The summed E-state index contributed by atoms with van der Waals surface area (Å²) in [6, 6.07) is 13.5. The van der Waals surface area contributed by atoms with Crippen LogP contribution in [0.2, 0.25) is 5.02 Å². The normalized spacial score (nSPS) is 11.5. The van der Waals surface area contributed by atoms with Gasteiger partial charge in [-0.2, -0.15) is 0 Å². The summed E-state index contributed by atoms with van der Waals surface area (Å²) < 4.78 is 24.8. The van der Waals surface area contributed by atoms with Crippen molar-refractivity contribution in [2.24, 2.45) is 0 Å². The van der Waals surface area contributed by atoms with E-state index in [9.17, 15) is 13.2 Å². The lowest BCUT2D eigenvalue weighted by Crippen LogP contribution is -2.18. The largest absolute Gasteiger partial charge is 0.325 e. The van der Waals surface area contributed by atoms with Crippen LogP contribution in [0.25, 0.3) is 10.9 Å². The molecule has 0 radical (unpaired) electrons. The van der Waals surface area contributed by atoms with Gasteiger partial charge in [-0.1, -0.05) is 17.7 Å². The van der Waals surface area contributed by atoms with Crippen LogP contribution in [0.3, 0.4) is 0 Å². The third-order valence-corrected chi connectivity index (χ3v) is 6.24. The Morgan fingerprint density at radius 3 is 2.44 bits per heavy atom. The zero-order valence-corrected chi connectivity index (χ0v) is 16.6. The minimum Gasteiger partial charge on any atom is -0.325 e. The van der Waals surface area contributed by atoms with Gasteiger partial charge in [0.15, 0.2) is 9.84 Å². The Morgan fingerprint density at radius 1 is 1.04 bits per heavy atom. The topological polar surface area (TPSA) is 76.1 Å². The Hall–Kier alpha value is -2.44. The lowest BCUT2D eigenvalue weighted by molar-refractivity contribution is -0.115. The number of halogens is 1. The molecule has 0 spiro atoms. The van der Waals surface area contributed by atoms with Crippen molar-refractivity contribution in [2.45, 2.75) is 25.2 Å². The van der Waals surface area contributed by atoms with Crippen LogP contribution in [-0.4, -0.2) is 25.1 Å². The summed E-state index contributed by atoms with van der Waals surface area (Å²) in [5.41, 5.74) is 3.22. The van der Waals surface area contributed by atoms with E-state index in [1.807, 2.05) is 38.1 Å². The summed E-state index contributed by atoms with van der Waals surface area (Å²) in [5, 5.41) is 4.13. The van der Waals surface area contributed by atoms with E-state index < -0.39 is 9.84 Å². The number of nitrogens with zero attached hydrogens (tertiary/aromatic N) is 1. The van der Waals surface area contributed by atoms with Gasteiger partial charge in [-0.15, -0.1) is 0 Å². The summed E-state index contributed by atoms with van der Waals surface area (Å²) in [4.78, 5) is 17.0. The number of sulfone groups is 1. The summed E-state index contributed by atoms with van der Waals surface area (Å²) in [6.45, 7) is 3.79. The number of fused-ring (bicyclic) bond motifs is 1. The van der Waals surface area contributed by atoms with Gasteiger partial charge in [0, 0.05) is 22.5 Å². The molecule has 0 unspecified atom stereocenters. The maximum Gasteiger partial charge on any atom is 0.225 e. The van der Waals surface area contributed by atoms with Crippen LogP contribution in [0.15, 0.2) is 53.4 Å². The lowest BCUT2D eigenvalue weighted by atomic mass is 10.1. The predicted molar refractivity (Wildman–Crippen MR) is 108 cm³/mol. The molecule has 3 aromatic rings. The van der Waals surface area contributed by atoms with Crippen molar-refractivity contribution in [3.05, 3.63) is 64.8 Å². The van der Waals surface area contributed by atoms with Gasteiger partial charge in [0.25, 0.3) is 0 Å². The number of aryl methyl sites for hydroxylation is 2. The highest BCUT2D eigenvalue weighted by atomic mass is 35.5. The number of carbonyl (C=O) groups excluding carboxylic acids is 1. The second-order valence-corrected chi connectivity index (χ2v) is 8.89. The predicted octanol–water partition coefficient (Wildman–Crippen LogP) is 4.31. The fourth-order valence-electron chi connectivity index (χ4n) is 2.77. The molecule has 2 aromatic carbocycles. The lowest BCUT2D eigenvalue weighted by Gasteiger charge is -2.12. The van der Waals surface area contributed by atoms with Gasteiger partial charge in [0.05, 0.1) is 21.9 Å². The van der Waals surface area contributed by atoms with Crippen LogP contribution in [0, 0.1) is 13.8 Å². The molecule has 0 aliphatic rings. The van der Waals surface area contributed by atoms with Gasteiger partial charge in [0.1, 0.15) is 0 Å². The Labute approximate surface area is 163 Å². The van der Waals surface area contributed by atoms with E-state index in [0.29, 0.717) is 10.7 Å². The van der Waals surface area contributed by atoms with Gasteiger partial charge in [-0.25, -0.2) is 8.42 Å². The Kier molecular flexibility index (Phi) is 5.48. The summed E-state index contributed by atoms with van der Waals surface area (Å²) in [6.07, 6.45) is -0.139. The van der Waals surface area contributed by atoms with E-state index >= 15 is 0 Å². The van der Waals surface area contributed by atoms with Crippen molar-refractivity contribution in [1.82, 2.24) is 4.98 Å². The first-order valence-corrected chi connectivity index (χ1v) is 10.4. The molecule has 5 nitrogen and oxygen atoms in total. The number of carbonyl (C=O) groups is 1. The van der Waals surface area contributed by atoms with Gasteiger partial charge >= 0.3 is 0 Å². The van der Waals surface area contributed by atoms with Crippen molar-refractivity contribution < 1.29 is 13.2 Å². The molecule has 1 amide bonds. The summed E-state index contributed by atoms with van der Waals surface area (Å²) >= 11 is 5.79. The van der Waals surface area contributed by atoms with E-state index in [4.69, 9.17) is 11.6 Å². The number of hydrogen-bond acceptors (Lipinski definition) is 4. The van der Waals surface area contributed by atoms with Gasteiger partial charge in [-0.3, -0.25) is 9.78 Å². The second-order valence-electron chi connectivity index (χ2n) is 6.35. The zero-order chi connectivity index (χ0) is 19.6. The molecule has 27 heavy (non-hydrogen) atoms. The second kappa shape index (κ2) is 7.66. The smallest absolute Gasteiger partial charge is 0.225 e. The minimum absolute atomic E-state index is 0.139. The van der Waals surface area contributed by atoms with E-state index in [2.05, 4.69) is 10.3 Å². The number of hydrogen-bond donors (Lipinski definition) is 1. The standard InChI is InChI=1S/C20H19ClN2O3S/c1-13-3-10-18-17(9-4-14(2)22-18)20(13)23-19(24)11-12-27(25,26)16-7-5-15(21)6-8-16/h3-10H,11-12H2,1-2H3,(H,23,24). The number of pyridine rings is 1. The number of anilines is 1. The summed E-state index contributed by atoms with van der Waals surface area (Å²) in [7, 11) is -3.55. The number of aromatic nitrogens is 1. The van der Waals surface area contributed by atoms with Crippen LogP contribution in [-0.2, 0) is 14.6 Å². The highest BCUT2D eigenvalue weighted by Crippen LogP contribution is 2.26. The van der Waals surface area contributed by atoms with Crippen molar-refractivity contribution in [3.8, 4) is 0 Å². The molecule has 140 valence electrons. The molecular formula is C20H19ClN2O3S. The van der Waals surface area contributed by atoms with E-state index in [1.54, 1.807) is 0 Å². The molecular weight excluding hydrogens is 384 g/mol. The first-order valence-electron chi connectivity index (χ1n) is 8.41. The molecule has 3 rings (SSSR count). The first-order chi connectivity index (χ1) is 12.8. The molecule has 1 heterocycles. The average Bonchev–Trinajstić information content (AvgIpc) is 2.63. The minimum atomic E-state index is -3.55. The highest BCUT2D eigenvalue weighted by Gasteiger charge is 2.17. The van der Waals surface area contributed by atoms with Crippen LogP contribution in [0.4, 0.5) is 5.69 Å². The third kappa shape index (κ3) is 4.46. The first kappa shape index (κ1) is 19.3. The zero-order valence-electron chi connectivity index (χ0n) is 15.0. The maximum absolute atomic E-state index is 12.4. The van der Waals surface area contributed by atoms with Crippen LogP contribution in [0.1, 0.15) is 17.7 Å². The van der Waals surface area contributed by atoms with Crippen molar-refractivity contribution >= 4 is 43.9 Å². The fourth-order valence-corrected chi connectivity index (χ4v) is 4.14. The maximum atomic E-state index is 12.4. The molecule has 1 N–H and O–H groups in total. The molecule has 1 aromatic heterocycles. The monoisotopic (exact) mass is 402 g/mol. The van der Waals surface area contributed by atoms with Crippen LogP contribution >= 0.6 is 11.6 Å². The molecule has 0 bridgehead atoms. The van der Waals surface area contributed by atoms with Gasteiger partial charge in [-0.05, 0) is 61.9 Å². The summed E-state index contributed by atoms with van der Waals surface area (Å²) in [5.74, 6) is -0.634. The van der Waals surface area contributed by atoms with Gasteiger partial charge in [0.2, 0.25) is 5.91 Å². The fraction of sp³-hybridized carbons (Fsp3) is 0.200. The molecule has 0 saturated heterocycles. The Morgan fingerprint density at radius 2 is 1.74 bits per heavy atom. The molecule has 0 aliphatic heterocycles. The molecule has 0 aliphatic carbocycles. The van der Waals surface area contributed by atoms with E-state index in [-0.39, 0.29) is 23.0 Å². The van der Waals surface area contributed by atoms with E-state index in [1.165, 1.54) is 24.3 Å². The van der Waals surface area contributed by atoms with Crippen molar-refractivity contribution in [3.63, 3.8) is 0 Å². The Bertz CT molecular complexity index is 1110. The van der Waals surface area contributed by atoms with Gasteiger partial charge < -0.3 is 5.32 Å². The molecule has 7 heteroatoms. The molecule has 0 saturated carbocycles. The number of amides is 1. The molecule has 0 atom stereocenters. The number of benzene rings is 2.